The molecule has 0 radical (unpaired) electrons. The van der Waals surface area contributed by atoms with Crippen molar-refractivity contribution in [3.63, 3.8) is 0 Å². The summed E-state index contributed by atoms with van der Waals surface area (Å²) in [7, 11) is 1.81. The maximum absolute atomic E-state index is 12.6. The first-order chi connectivity index (χ1) is 12.7. The van der Waals surface area contributed by atoms with Gasteiger partial charge in [-0.2, -0.15) is 0 Å². The monoisotopic (exact) mass is 343 g/mol. The van der Waals surface area contributed by atoms with E-state index < -0.39 is 0 Å². The third-order valence-electron chi connectivity index (χ3n) is 4.78. The second kappa shape index (κ2) is 7.00. The number of anilines is 2. The number of hydrogen-bond donors (Lipinski definition) is 0. The first-order valence-electron chi connectivity index (χ1n) is 8.83. The highest BCUT2D eigenvalue weighted by Gasteiger charge is 2.20. The Morgan fingerprint density at radius 3 is 2.58 bits per heavy atom. The summed E-state index contributed by atoms with van der Waals surface area (Å²) in [5, 5.41) is 0. The lowest BCUT2D eigenvalue weighted by molar-refractivity contribution is 0.0779. The minimum Gasteiger partial charge on any atom is -0.340 e. The quantitative estimate of drug-likeness (QED) is 0.717. The van der Waals surface area contributed by atoms with Crippen LogP contribution in [0.15, 0.2) is 72.9 Å². The zero-order valence-electron chi connectivity index (χ0n) is 14.8. The van der Waals surface area contributed by atoms with Gasteiger partial charge in [-0.15, -0.1) is 0 Å². The normalized spacial score (nSPS) is 12.7. The van der Waals surface area contributed by atoms with E-state index in [2.05, 4.69) is 34.1 Å². The van der Waals surface area contributed by atoms with Crippen molar-refractivity contribution in [3.05, 3.63) is 89.7 Å². The minimum absolute atomic E-state index is 0.0674. The molecule has 0 fully saturated rings. The molecule has 0 N–H and O–H groups in total. The molecular weight excluding hydrogens is 322 g/mol. The summed E-state index contributed by atoms with van der Waals surface area (Å²) in [6.45, 7) is 1.52. The summed E-state index contributed by atoms with van der Waals surface area (Å²) >= 11 is 0. The molecule has 0 saturated carbocycles. The molecule has 0 spiro atoms. The van der Waals surface area contributed by atoms with Crippen LogP contribution in [-0.4, -0.2) is 29.4 Å². The number of pyridine rings is 1. The Kier molecular flexibility index (Phi) is 4.40. The molecule has 1 aromatic heterocycles. The fraction of sp³-hybridized carbons (Fsp3) is 0.182. The van der Waals surface area contributed by atoms with Gasteiger partial charge in [0.1, 0.15) is 5.69 Å². The van der Waals surface area contributed by atoms with Gasteiger partial charge in [-0.1, -0.05) is 48.5 Å². The van der Waals surface area contributed by atoms with E-state index in [0.29, 0.717) is 12.2 Å². The zero-order chi connectivity index (χ0) is 17.9. The number of para-hydroxylation sites is 1. The van der Waals surface area contributed by atoms with Crippen LogP contribution in [0.4, 0.5) is 11.4 Å². The molecule has 4 rings (SSSR count). The standard InChI is InChI=1S/C22H21N3O/c1-24(16-17-7-3-2-4-8-17)22(26)20-12-11-19(15-23-20)25-14-13-18-9-5-6-10-21(18)25/h2-12,15H,13-14,16H2,1H3. The molecule has 0 bridgehead atoms. The third kappa shape index (κ3) is 3.18. The summed E-state index contributed by atoms with van der Waals surface area (Å²) in [5.41, 5.74) is 5.19. The van der Waals surface area contributed by atoms with Crippen LogP contribution in [0.3, 0.4) is 0 Å². The van der Waals surface area contributed by atoms with Gasteiger partial charge in [0.25, 0.3) is 5.91 Å². The average molecular weight is 343 g/mol. The maximum Gasteiger partial charge on any atom is 0.272 e. The van der Waals surface area contributed by atoms with E-state index in [4.69, 9.17) is 0 Å². The van der Waals surface area contributed by atoms with E-state index in [1.807, 2.05) is 49.5 Å². The van der Waals surface area contributed by atoms with Gasteiger partial charge < -0.3 is 9.80 Å². The predicted molar refractivity (Wildman–Crippen MR) is 104 cm³/mol. The molecule has 1 amide bonds. The molecule has 1 aliphatic heterocycles. The fourth-order valence-electron chi connectivity index (χ4n) is 3.40. The van der Waals surface area contributed by atoms with E-state index in [9.17, 15) is 4.79 Å². The van der Waals surface area contributed by atoms with Gasteiger partial charge in [0, 0.05) is 25.8 Å². The van der Waals surface area contributed by atoms with Crippen molar-refractivity contribution in [1.82, 2.24) is 9.88 Å². The number of carbonyl (C=O) groups excluding carboxylic acids is 1. The highest BCUT2D eigenvalue weighted by molar-refractivity contribution is 5.92. The predicted octanol–water partition coefficient (Wildman–Crippen LogP) is 4.05. The molecular formula is C22H21N3O. The van der Waals surface area contributed by atoms with Gasteiger partial charge in [-0.25, -0.2) is 4.98 Å². The second-order valence-corrected chi connectivity index (χ2v) is 6.58. The van der Waals surface area contributed by atoms with Crippen LogP contribution in [0.2, 0.25) is 0 Å². The van der Waals surface area contributed by atoms with Gasteiger partial charge in [-0.3, -0.25) is 4.79 Å². The number of aromatic nitrogens is 1. The molecule has 0 saturated heterocycles. The lowest BCUT2D eigenvalue weighted by atomic mass is 10.2. The van der Waals surface area contributed by atoms with Gasteiger partial charge in [0.2, 0.25) is 0 Å². The van der Waals surface area contributed by atoms with Crippen LogP contribution >= 0.6 is 0 Å². The third-order valence-corrected chi connectivity index (χ3v) is 4.78. The summed E-state index contributed by atoms with van der Waals surface area (Å²) < 4.78 is 0. The summed E-state index contributed by atoms with van der Waals surface area (Å²) in [4.78, 5) is 21.0. The van der Waals surface area contributed by atoms with Crippen LogP contribution in [0.25, 0.3) is 0 Å². The lowest BCUT2D eigenvalue weighted by Gasteiger charge is -2.20. The average Bonchev–Trinajstić information content (AvgIpc) is 3.12. The Balaban J connectivity index is 1.48. The molecule has 3 aromatic rings. The Labute approximate surface area is 153 Å². The molecule has 26 heavy (non-hydrogen) atoms. The van der Waals surface area contributed by atoms with Crippen molar-refractivity contribution in [2.75, 3.05) is 18.5 Å². The second-order valence-electron chi connectivity index (χ2n) is 6.58. The fourth-order valence-corrected chi connectivity index (χ4v) is 3.40. The molecule has 2 aromatic carbocycles. The van der Waals surface area contributed by atoms with Crippen LogP contribution in [0.1, 0.15) is 21.6 Å². The van der Waals surface area contributed by atoms with Crippen molar-refractivity contribution in [3.8, 4) is 0 Å². The van der Waals surface area contributed by atoms with Gasteiger partial charge in [0.05, 0.1) is 11.9 Å². The number of benzene rings is 2. The Morgan fingerprint density at radius 1 is 1.04 bits per heavy atom. The number of amides is 1. The van der Waals surface area contributed by atoms with E-state index in [1.165, 1.54) is 11.3 Å². The molecule has 130 valence electrons. The first-order valence-corrected chi connectivity index (χ1v) is 8.83. The Hall–Kier alpha value is -3.14. The number of fused-ring (bicyclic) bond motifs is 1. The van der Waals surface area contributed by atoms with Crippen molar-refractivity contribution in [2.24, 2.45) is 0 Å². The summed E-state index contributed by atoms with van der Waals surface area (Å²) in [6.07, 6.45) is 2.84. The Morgan fingerprint density at radius 2 is 1.81 bits per heavy atom. The van der Waals surface area contributed by atoms with Crippen LogP contribution in [0, 0.1) is 0 Å². The van der Waals surface area contributed by atoms with Crippen LogP contribution in [0.5, 0.6) is 0 Å². The van der Waals surface area contributed by atoms with E-state index in [0.717, 1.165) is 24.2 Å². The van der Waals surface area contributed by atoms with Crippen LogP contribution < -0.4 is 4.90 Å². The molecule has 2 heterocycles. The molecule has 0 aliphatic carbocycles. The van der Waals surface area contributed by atoms with E-state index in [-0.39, 0.29) is 5.91 Å². The highest BCUT2D eigenvalue weighted by Crippen LogP contribution is 2.33. The summed E-state index contributed by atoms with van der Waals surface area (Å²) in [6, 6.07) is 22.2. The van der Waals surface area contributed by atoms with Crippen LogP contribution in [-0.2, 0) is 13.0 Å². The molecule has 4 heteroatoms. The number of nitrogens with zero attached hydrogens (tertiary/aromatic N) is 3. The van der Waals surface area contributed by atoms with Gasteiger partial charge in [-0.05, 0) is 35.7 Å². The Bertz CT molecular complexity index is 906. The first kappa shape index (κ1) is 16.3. The lowest BCUT2D eigenvalue weighted by Crippen LogP contribution is -2.27. The number of rotatable bonds is 4. The van der Waals surface area contributed by atoms with Crippen molar-refractivity contribution in [2.45, 2.75) is 13.0 Å². The zero-order valence-corrected chi connectivity index (χ0v) is 14.8. The van der Waals surface area contributed by atoms with Crippen molar-refractivity contribution >= 4 is 17.3 Å². The van der Waals surface area contributed by atoms with Crippen molar-refractivity contribution < 1.29 is 4.79 Å². The smallest absolute Gasteiger partial charge is 0.272 e. The van der Waals surface area contributed by atoms with E-state index in [1.54, 1.807) is 11.1 Å². The molecule has 1 aliphatic rings. The summed E-state index contributed by atoms with van der Waals surface area (Å²) in [5.74, 6) is -0.0674. The molecule has 4 nitrogen and oxygen atoms in total. The SMILES string of the molecule is CN(Cc1ccccc1)C(=O)c1ccc(N2CCc3ccccc32)cn1. The molecule has 0 unspecified atom stereocenters. The largest absolute Gasteiger partial charge is 0.340 e. The highest BCUT2D eigenvalue weighted by atomic mass is 16.2. The van der Waals surface area contributed by atoms with Gasteiger partial charge in [0.15, 0.2) is 0 Å². The minimum atomic E-state index is -0.0674. The number of hydrogen-bond acceptors (Lipinski definition) is 3. The molecule has 0 atom stereocenters. The maximum atomic E-state index is 12.6. The number of carbonyl (C=O) groups is 1. The topological polar surface area (TPSA) is 36.4 Å². The van der Waals surface area contributed by atoms with E-state index >= 15 is 0 Å². The van der Waals surface area contributed by atoms with Gasteiger partial charge >= 0.3 is 0 Å². The van der Waals surface area contributed by atoms with Crippen molar-refractivity contribution in [1.29, 1.82) is 0 Å².